The van der Waals surface area contributed by atoms with Crippen LogP contribution in [0.25, 0.3) is 0 Å². The maximum atomic E-state index is 13.4. The molecule has 142 valence electrons. The van der Waals surface area contributed by atoms with Gasteiger partial charge in [-0.15, -0.1) is 0 Å². The second kappa shape index (κ2) is 9.73. The zero-order chi connectivity index (χ0) is 19.1. The Morgan fingerprint density at radius 1 is 1.54 bits per heavy atom. The lowest BCUT2D eigenvalue weighted by Gasteiger charge is -2.17. The predicted molar refractivity (Wildman–Crippen MR) is 101 cm³/mol. The summed E-state index contributed by atoms with van der Waals surface area (Å²) in [6.45, 7) is 6.66. The molecule has 26 heavy (non-hydrogen) atoms. The first-order valence-electron chi connectivity index (χ1n) is 8.52. The standard InChI is InChI=1S/C19H25FN2O3S/c1-4-8-25-19(24)16(7-9-26-3)21-18(23)17-12-22(17)11-14-10-15(20)6-5-13(14)2/h4-6,10,16-17H,1,7-9,11-12H2,2-3H3,(H,21,23)/t16-,17?,22?/m0/s1. The number of thioether (sulfide) groups is 1. The number of carbonyl (C=O) groups excluding carboxylic acids is 2. The maximum absolute atomic E-state index is 13.4. The summed E-state index contributed by atoms with van der Waals surface area (Å²) >= 11 is 1.60. The van der Waals surface area contributed by atoms with Crippen LogP contribution in [0, 0.1) is 12.7 Å². The van der Waals surface area contributed by atoms with E-state index in [0.717, 1.165) is 16.9 Å². The van der Waals surface area contributed by atoms with E-state index < -0.39 is 12.0 Å². The van der Waals surface area contributed by atoms with E-state index in [9.17, 15) is 14.0 Å². The first-order chi connectivity index (χ1) is 12.5. The SMILES string of the molecule is C=CCOC(=O)[C@H](CCSC)NC(=O)C1CN1Cc1cc(F)ccc1C. The first-order valence-corrected chi connectivity index (χ1v) is 9.91. The number of nitrogens with one attached hydrogen (secondary N) is 1. The minimum atomic E-state index is -0.659. The van der Waals surface area contributed by atoms with Crippen molar-refractivity contribution in [3.63, 3.8) is 0 Å². The molecule has 2 unspecified atom stereocenters. The van der Waals surface area contributed by atoms with Gasteiger partial charge in [0.05, 0.1) is 0 Å². The normalized spacial score (nSPS) is 19.5. The number of rotatable bonds is 10. The third-order valence-corrected chi connectivity index (χ3v) is 4.90. The fourth-order valence-corrected chi connectivity index (χ4v) is 3.09. The van der Waals surface area contributed by atoms with Gasteiger partial charge in [-0.1, -0.05) is 18.7 Å². The van der Waals surface area contributed by atoms with Crippen LogP contribution in [0.15, 0.2) is 30.9 Å². The van der Waals surface area contributed by atoms with Crippen molar-refractivity contribution in [1.82, 2.24) is 10.2 Å². The van der Waals surface area contributed by atoms with Crippen LogP contribution in [0.5, 0.6) is 0 Å². The Morgan fingerprint density at radius 3 is 3.00 bits per heavy atom. The Bertz CT molecular complexity index is 668. The largest absolute Gasteiger partial charge is 0.460 e. The molecule has 1 saturated heterocycles. The molecule has 5 nitrogen and oxygen atoms in total. The Kier molecular flexibility index (Phi) is 7.66. The van der Waals surface area contributed by atoms with Crippen LogP contribution in [0.3, 0.4) is 0 Å². The summed E-state index contributed by atoms with van der Waals surface area (Å²) in [5.74, 6) is -0.179. The second-order valence-electron chi connectivity index (χ2n) is 6.28. The Labute approximate surface area is 158 Å². The predicted octanol–water partition coefficient (Wildman–Crippen LogP) is 2.29. The first kappa shape index (κ1) is 20.5. The number of carbonyl (C=O) groups is 2. The third-order valence-electron chi connectivity index (χ3n) is 4.26. The summed E-state index contributed by atoms with van der Waals surface area (Å²) in [4.78, 5) is 26.5. The lowest BCUT2D eigenvalue weighted by atomic mass is 10.1. The van der Waals surface area contributed by atoms with Gasteiger partial charge in [0.2, 0.25) is 5.91 Å². The summed E-state index contributed by atoms with van der Waals surface area (Å²) in [5.41, 5.74) is 1.85. The molecule has 0 aromatic heterocycles. The van der Waals surface area contributed by atoms with E-state index in [4.69, 9.17) is 4.74 Å². The van der Waals surface area contributed by atoms with Crippen molar-refractivity contribution in [3.8, 4) is 0 Å². The summed E-state index contributed by atoms with van der Waals surface area (Å²) < 4.78 is 18.5. The number of hydrogen-bond donors (Lipinski definition) is 1. The average molecular weight is 380 g/mol. The van der Waals surface area contributed by atoms with E-state index in [1.165, 1.54) is 18.2 Å². The van der Waals surface area contributed by atoms with Crippen LogP contribution in [0.1, 0.15) is 17.5 Å². The van der Waals surface area contributed by atoms with Crippen LogP contribution >= 0.6 is 11.8 Å². The monoisotopic (exact) mass is 380 g/mol. The van der Waals surface area contributed by atoms with Crippen molar-refractivity contribution < 1.29 is 18.7 Å². The number of nitrogens with zero attached hydrogens (tertiary/aromatic N) is 1. The number of aryl methyl sites for hydroxylation is 1. The summed E-state index contributed by atoms with van der Waals surface area (Å²) in [7, 11) is 0. The van der Waals surface area contributed by atoms with E-state index >= 15 is 0 Å². The highest BCUT2D eigenvalue weighted by Crippen LogP contribution is 2.23. The number of benzene rings is 1. The highest BCUT2D eigenvalue weighted by atomic mass is 32.2. The lowest BCUT2D eigenvalue weighted by Crippen LogP contribution is -2.44. The molecule has 1 aromatic carbocycles. The van der Waals surface area contributed by atoms with Gasteiger partial charge in [-0.25, -0.2) is 9.18 Å². The third kappa shape index (κ3) is 5.85. The van der Waals surface area contributed by atoms with Gasteiger partial charge in [-0.05, 0) is 48.6 Å². The van der Waals surface area contributed by atoms with Gasteiger partial charge >= 0.3 is 5.97 Å². The van der Waals surface area contributed by atoms with Crippen molar-refractivity contribution in [1.29, 1.82) is 0 Å². The molecular weight excluding hydrogens is 355 g/mol. The molecule has 1 heterocycles. The molecule has 1 aromatic rings. The molecule has 3 atom stereocenters. The van der Waals surface area contributed by atoms with E-state index in [-0.39, 0.29) is 24.4 Å². The molecule has 0 saturated carbocycles. The fraction of sp³-hybridized carbons (Fsp3) is 0.474. The molecule has 1 aliphatic rings. The molecule has 1 fully saturated rings. The van der Waals surface area contributed by atoms with Gasteiger partial charge in [0.1, 0.15) is 24.5 Å². The Hall–Kier alpha value is -1.86. The van der Waals surface area contributed by atoms with Crippen LogP contribution in [0.2, 0.25) is 0 Å². The molecule has 1 aliphatic heterocycles. The van der Waals surface area contributed by atoms with Gasteiger partial charge in [0, 0.05) is 13.1 Å². The van der Waals surface area contributed by atoms with Crippen LogP contribution in [-0.2, 0) is 20.9 Å². The number of halogens is 1. The van der Waals surface area contributed by atoms with Crippen LogP contribution in [-0.4, -0.2) is 54.0 Å². The number of esters is 1. The van der Waals surface area contributed by atoms with Crippen LogP contribution < -0.4 is 5.32 Å². The average Bonchev–Trinajstić information content (AvgIpc) is 3.38. The summed E-state index contributed by atoms with van der Waals surface area (Å²) in [6.07, 6.45) is 3.95. The Morgan fingerprint density at radius 2 is 2.31 bits per heavy atom. The fourth-order valence-electron chi connectivity index (χ4n) is 2.62. The molecule has 0 aliphatic carbocycles. The van der Waals surface area contributed by atoms with Crippen molar-refractivity contribution >= 4 is 23.6 Å². The smallest absolute Gasteiger partial charge is 0.328 e. The van der Waals surface area contributed by atoms with Gasteiger partial charge in [-0.3, -0.25) is 9.69 Å². The van der Waals surface area contributed by atoms with E-state index in [1.54, 1.807) is 17.8 Å². The zero-order valence-corrected chi connectivity index (χ0v) is 16.0. The molecular formula is C19H25FN2O3S. The molecule has 0 bridgehead atoms. The van der Waals surface area contributed by atoms with Crippen molar-refractivity contribution in [3.05, 3.63) is 47.8 Å². The number of ether oxygens (including phenoxy) is 1. The van der Waals surface area contributed by atoms with E-state index in [0.29, 0.717) is 19.5 Å². The van der Waals surface area contributed by atoms with Crippen molar-refractivity contribution in [2.24, 2.45) is 0 Å². The topological polar surface area (TPSA) is 58.4 Å². The molecule has 0 spiro atoms. The second-order valence-corrected chi connectivity index (χ2v) is 7.26. The quantitative estimate of drug-likeness (QED) is 0.383. The summed E-state index contributed by atoms with van der Waals surface area (Å²) in [5, 5.41) is 2.79. The van der Waals surface area contributed by atoms with Crippen LogP contribution in [0.4, 0.5) is 4.39 Å². The number of amides is 1. The molecule has 2 rings (SSSR count). The molecule has 1 N–H and O–H groups in total. The maximum Gasteiger partial charge on any atom is 0.328 e. The van der Waals surface area contributed by atoms with E-state index in [1.807, 2.05) is 18.1 Å². The number of hydrogen-bond acceptors (Lipinski definition) is 5. The molecule has 7 heteroatoms. The van der Waals surface area contributed by atoms with Gasteiger partial charge in [0.25, 0.3) is 0 Å². The highest BCUT2D eigenvalue weighted by molar-refractivity contribution is 7.98. The summed E-state index contributed by atoms with van der Waals surface area (Å²) in [6, 6.07) is 3.71. The molecule has 1 amide bonds. The van der Waals surface area contributed by atoms with Gasteiger partial charge in [0.15, 0.2) is 0 Å². The zero-order valence-electron chi connectivity index (χ0n) is 15.2. The minimum absolute atomic E-state index is 0.124. The Balaban J connectivity index is 1.90. The van der Waals surface area contributed by atoms with Gasteiger partial charge in [-0.2, -0.15) is 11.8 Å². The van der Waals surface area contributed by atoms with E-state index in [2.05, 4.69) is 11.9 Å². The molecule has 0 radical (unpaired) electrons. The van der Waals surface area contributed by atoms with Crippen molar-refractivity contribution in [2.75, 3.05) is 25.2 Å². The van der Waals surface area contributed by atoms with Gasteiger partial charge < -0.3 is 10.1 Å². The highest BCUT2D eigenvalue weighted by Gasteiger charge is 2.41. The van der Waals surface area contributed by atoms with Crippen molar-refractivity contribution in [2.45, 2.75) is 32.0 Å². The minimum Gasteiger partial charge on any atom is -0.460 e. The lowest BCUT2D eigenvalue weighted by molar-refractivity contribution is -0.146.